The number of benzene rings is 1. The third-order valence-corrected chi connectivity index (χ3v) is 5.65. The van der Waals surface area contributed by atoms with Crippen molar-refractivity contribution in [1.29, 1.82) is 0 Å². The van der Waals surface area contributed by atoms with Crippen LogP contribution in [0.5, 0.6) is 6.01 Å². The van der Waals surface area contributed by atoms with Crippen LogP contribution in [0.1, 0.15) is 44.2 Å². The Labute approximate surface area is 185 Å². The zero-order valence-electron chi connectivity index (χ0n) is 17.7. The number of hydrogen-bond acceptors (Lipinski definition) is 6. The van der Waals surface area contributed by atoms with Gasteiger partial charge in [-0.25, -0.2) is 14.4 Å². The average Bonchev–Trinajstić information content (AvgIpc) is 3.26. The predicted octanol–water partition coefficient (Wildman–Crippen LogP) is 4.99. The van der Waals surface area contributed by atoms with Crippen molar-refractivity contribution in [2.24, 2.45) is 0 Å². The molecule has 1 aliphatic heterocycles. The van der Waals surface area contributed by atoms with E-state index in [-0.39, 0.29) is 11.9 Å². The Morgan fingerprint density at radius 2 is 1.75 bits per heavy atom. The third kappa shape index (κ3) is 4.56. The number of rotatable bonds is 5. The molecule has 2 fully saturated rings. The molecule has 1 N–H and O–H groups in total. The van der Waals surface area contributed by atoms with Gasteiger partial charge in [0.25, 0.3) is 0 Å². The molecular formula is C24H25FN4O3. The summed E-state index contributed by atoms with van der Waals surface area (Å²) in [6, 6.07) is 8.32. The van der Waals surface area contributed by atoms with Gasteiger partial charge >= 0.3 is 6.01 Å². The number of aromatic amines is 1. The predicted molar refractivity (Wildman–Crippen MR) is 116 cm³/mol. The lowest BCUT2D eigenvalue weighted by molar-refractivity contribution is -0.165. The van der Waals surface area contributed by atoms with Gasteiger partial charge in [-0.15, -0.1) is 0 Å². The van der Waals surface area contributed by atoms with Crippen molar-refractivity contribution in [3.63, 3.8) is 0 Å². The number of nitrogens with zero attached hydrogens (tertiary/aromatic N) is 3. The van der Waals surface area contributed by atoms with Crippen molar-refractivity contribution in [2.75, 3.05) is 13.2 Å². The highest BCUT2D eigenvalue weighted by molar-refractivity contribution is 5.76. The Balaban J connectivity index is 1.49. The Kier molecular flexibility index (Phi) is 5.96. The van der Waals surface area contributed by atoms with Gasteiger partial charge in [0, 0.05) is 11.8 Å². The molecule has 7 nitrogen and oxygen atoms in total. The second-order valence-corrected chi connectivity index (χ2v) is 8.16. The molecule has 0 unspecified atom stereocenters. The lowest BCUT2D eigenvalue weighted by Gasteiger charge is -2.22. The monoisotopic (exact) mass is 436 g/mol. The number of aromatic nitrogens is 4. The van der Waals surface area contributed by atoms with Crippen LogP contribution in [-0.2, 0) is 9.47 Å². The molecule has 2 aromatic heterocycles. The molecule has 1 aromatic carbocycles. The van der Waals surface area contributed by atoms with Gasteiger partial charge in [-0.3, -0.25) is 0 Å². The minimum atomic E-state index is -0.645. The Hall–Kier alpha value is -3.10. The number of ether oxygens (including phenoxy) is 3. The van der Waals surface area contributed by atoms with E-state index in [0.717, 1.165) is 36.8 Å². The first-order chi connectivity index (χ1) is 15.7. The van der Waals surface area contributed by atoms with Crippen LogP contribution in [0.3, 0.4) is 0 Å². The van der Waals surface area contributed by atoms with E-state index in [9.17, 15) is 4.39 Å². The fraction of sp³-hybridized carbons (Fsp3) is 0.375. The van der Waals surface area contributed by atoms with Gasteiger partial charge in [0.1, 0.15) is 11.9 Å². The largest absolute Gasteiger partial charge is 0.460 e. The van der Waals surface area contributed by atoms with E-state index in [1.807, 2.05) is 0 Å². The Morgan fingerprint density at radius 1 is 1.00 bits per heavy atom. The number of nitrogens with one attached hydrogen (secondary N) is 1. The maximum absolute atomic E-state index is 13.5. The molecule has 0 atom stereocenters. The highest BCUT2D eigenvalue weighted by atomic mass is 19.1. The van der Waals surface area contributed by atoms with E-state index >= 15 is 0 Å². The minimum absolute atomic E-state index is 0.144. The molecule has 0 bridgehead atoms. The summed E-state index contributed by atoms with van der Waals surface area (Å²) in [5.41, 5.74) is 3.53. The molecule has 32 heavy (non-hydrogen) atoms. The van der Waals surface area contributed by atoms with Gasteiger partial charge in [0.2, 0.25) is 6.29 Å². The van der Waals surface area contributed by atoms with Crippen molar-refractivity contribution >= 4 is 0 Å². The van der Waals surface area contributed by atoms with Crippen molar-refractivity contribution in [3.8, 4) is 28.7 Å². The summed E-state index contributed by atoms with van der Waals surface area (Å²) in [5.74, 6) is 0.203. The molecule has 0 amide bonds. The van der Waals surface area contributed by atoms with Gasteiger partial charge in [-0.1, -0.05) is 13.0 Å². The summed E-state index contributed by atoms with van der Waals surface area (Å²) in [6.07, 6.45) is 6.78. The quantitative estimate of drug-likeness (QED) is 0.568. The highest BCUT2D eigenvalue weighted by Crippen LogP contribution is 2.33. The van der Waals surface area contributed by atoms with Crippen LogP contribution in [-0.4, -0.2) is 39.3 Å². The normalized spacial score (nSPS) is 18.1. The van der Waals surface area contributed by atoms with E-state index < -0.39 is 6.29 Å². The molecule has 3 aromatic rings. The number of H-pyrrole nitrogens is 1. The van der Waals surface area contributed by atoms with Crippen LogP contribution in [0.25, 0.3) is 22.6 Å². The van der Waals surface area contributed by atoms with E-state index in [1.54, 1.807) is 24.4 Å². The molecule has 1 saturated carbocycles. The van der Waals surface area contributed by atoms with Crippen molar-refractivity contribution in [2.45, 2.75) is 44.5 Å². The second kappa shape index (κ2) is 9.18. The van der Waals surface area contributed by atoms with E-state index in [1.165, 1.54) is 18.6 Å². The van der Waals surface area contributed by atoms with Gasteiger partial charge in [-0.2, -0.15) is 4.98 Å². The number of imidazole rings is 1. The molecule has 3 heterocycles. The average molecular weight is 436 g/mol. The molecule has 0 radical (unpaired) electrons. The standard InChI is InChI=1S/C24H25FN4O3/c1-15-13-30-23(31-14-15)22-28-20(16-7-9-17(25)10-8-16)21(29-22)19-11-12-26-24(27-19)32-18-5-3-2-4-6-18/h7-12,18,23H,1-6,13-14H2,(H,28,29). The van der Waals surface area contributed by atoms with E-state index in [4.69, 9.17) is 19.2 Å². The summed E-state index contributed by atoms with van der Waals surface area (Å²) in [5, 5.41) is 0. The van der Waals surface area contributed by atoms with Crippen LogP contribution < -0.4 is 4.74 Å². The van der Waals surface area contributed by atoms with Gasteiger partial charge < -0.3 is 19.2 Å². The Bertz CT molecular complexity index is 1080. The van der Waals surface area contributed by atoms with Crippen molar-refractivity contribution < 1.29 is 18.6 Å². The maximum atomic E-state index is 13.5. The summed E-state index contributed by atoms with van der Waals surface area (Å²) >= 11 is 0. The first kappa shape index (κ1) is 20.8. The topological polar surface area (TPSA) is 82.2 Å². The minimum Gasteiger partial charge on any atom is -0.460 e. The summed E-state index contributed by atoms with van der Waals surface area (Å²) in [4.78, 5) is 17.0. The van der Waals surface area contributed by atoms with E-state index in [2.05, 4.69) is 21.5 Å². The SMILES string of the molecule is C=C1COC(c2nc(-c3ccc(F)cc3)c(-c3ccnc(OC4CCCCC4)n3)[nH]2)OC1. The Morgan fingerprint density at radius 3 is 2.50 bits per heavy atom. The second-order valence-electron chi connectivity index (χ2n) is 8.16. The lowest BCUT2D eigenvalue weighted by Crippen LogP contribution is -2.21. The number of hydrogen-bond donors (Lipinski definition) is 1. The molecule has 5 rings (SSSR count). The third-order valence-electron chi connectivity index (χ3n) is 5.65. The fourth-order valence-corrected chi connectivity index (χ4v) is 4.01. The van der Waals surface area contributed by atoms with Crippen LogP contribution in [0, 0.1) is 5.82 Å². The molecule has 1 aliphatic carbocycles. The molecule has 1 saturated heterocycles. The zero-order chi connectivity index (χ0) is 21.9. The van der Waals surface area contributed by atoms with Gasteiger partial charge in [0.05, 0.1) is 30.3 Å². The first-order valence-corrected chi connectivity index (χ1v) is 10.9. The van der Waals surface area contributed by atoms with Crippen molar-refractivity contribution in [1.82, 2.24) is 19.9 Å². The van der Waals surface area contributed by atoms with Crippen LogP contribution in [0.2, 0.25) is 0 Å². The summed E-state index contributed by atoms with van der Waals surface area (Å²) in [7, 11) is 0. The molecule has 2 aliphatic rings. The van der Waals surface area contributed by atoms with Gasteiger partial charge in [0.15, 0.2) is 5.82 Å². The van der Waals surface area contributed by atoms with E-state index in [0.29, 0.717) is 42.1 Å². The zero-order valence-corrected chi connectivity index (χ0v) is 17.7. The molecule has 0 spiro atoms. The van der Waals surface area contributed by atoms with Crippen LogP contribution in [0.15, 0.2) is 48.7 Å². The smallest absolute Gasteiger partial charge is 0.317 e. The fourth-order valence-electron chi connectivity index (χ4n) is 4.01. The van der Waals surface area contributed by atoms with Crippen molar-refractivity contribution in [3.05, 3.63) is 60.3 Å². The van der Waals surface area contributed by atoms with Gasteiger partial charge in [-0.05, 0) is 61.6 Å². The lowest BCUT2D eigenvalue weighted by atomic mass is 9.98. The van der Waals surface area contributed by atoms with Crippen LogP contribution >= 0.6 is 0 Å². The highest BCUT2D eigenvalue weighted by Gasteiger charge is 2.25. The van der Waals surface area contributed by atoms with Crippen LogP contribution in [0.4, 0.5) is 4.39 Å². The maximum Gasteiger partial charge on any atom is 0.317 e. The molecule has 166 valence electrons. The number of halogens is 1. The summed E-state index contributed by atoms with van der Waals surface area (Å²) in [6.45, 7) is 4.68. The molecular weight excluding hydrogens is 411 g/mol. The molecule has 8 heteroatoms. The summed E-state index contributed by atoms with van der Waals surface area (Å²) < 4.78 is 31.0. The first-order valence-electron chi connectivity index (χ1n) is 10.9.